The molecule has 1 atom stereocenters. The van der Waals surface area contributed by atoms with Crippen LogP contribution in [-0.4, -0.2) is 55.5 Å². The summed E-state index contributed by atoms with van der Waals surface area (Å²) >= 11 is 0. The van der Waals surface area contributed by atoms with Crippen LogP contribution in [0.5, 0.6) is 0 Å². The summed E-state index contributed by atoms with van der Waals surface area (Å²) in [6.45, 7) is 4.15. The summed E-state index contributed by atoms with van der Waals surface area (Å²) in [5, 5.41) is 0. The highest BCUT2D eigenvalue weighted by Gasteiger charge is 2.30. The Balaban J connectivity index is 1.90. The van der Waals surface area contributed by atoms with Gasteiger partial charge in [-0.05, 0) is 31.6 Å². The van der Waals surface area contributed by atoms with Gasteiger partial charge in [-0.2, -0.15) is 4.31 Å². The van der Waals surface area contributed by atoms with Crippen molar-refractivity contribution in [3.05, 3.63) is 0 Å². The summed E-state index contributed by atoms with van der Waals surface area (Å²) in [4.78, 5) is 14.2. The molecule has 1 heterocycles. The predicted molar refractivity (Wildman–Crippen MR) is 83.4 cm³/mol. The molecule has 6 heteroatoms. The van der Waals surface area contributed by atoms with Crippen molar-refractivity contribution in [3.8, 4) is 0 Å². The molecule has 0 aromatic rings. The number of likely N-dealkylation sites (tertiary alicyclic amines) is 1. The molecule has 1 aliphatic heterocycles. The minimum atomic E-state index is -3.22. The molecule has 0 aromatic heterocycles. The number of hydrogen-bond acceptors (Lipinski definition) is 3. The number of amides is 1. The minimum Gasteiger partial charge on any atom is -0.342 e. The SMILES string of the molecule is CC1CCCN(C(=O)CCN(C2CCCC2)S(C)(=O)=O)C1. The van der Waals surface area contributed by atoms with E-state index >= 15 is 0 Å². The topological polar surface area (TPSA) is 57.7 Å². The van der Waals surface area contributed by atoms with Gasteiger partial charge in [0.2, 0.25) is 15.9 Å². The van der Waals surface area contributed by atoms with Crippen LogP contribution in [0, 0.1) is 5.92 Å². The Morgan fingerprint density at radius 3 is 2.43 bits per heavy atom. The van der Waals surface area contributed by atoms with Crippen LogP contribution in [0.1, 0.15) is 51.9 Å². The van der Waals surface area contributed by atoms with Gasteiger partial charge in [0.15, 0.2) is 0 Å². The van der Waals surface area contributed by atoms with Crippen molar-refractivity contribution in [2.24, 2.45) is 5.92 Å². The van der Waals surface area contributed by atoms with Gasteiger partial charge < -0.3 is 4.90 Å². The second-order valence-corrected chi connectivity index (χ2v) is 8.58. The van der Waals surface area contributed by atoms with Crippen molar-refractivity contribution in [2.75, 3.05) is 25.9 Å². The molecule has 1 amide bonds. The van der Waals surface area contributed by atoms with E-state index in [0.717, 1.165) is 45.2 Å². The van der Waals surface area contributed by atoms with Gasteiger partial charge in [0.05, 0.1) is 6.26 Å². The summed E-state index contributed by atoms with van der Waals surface area (Å²) in [5.74, 6) is 0.664. The van der Waals surface area contributed by atoms with Crippen molar-refractivity contribution >= 4 is 15.9 Å². The first-order valence-corrected chi connectivity index (χ1v) is 9.97. The quantitative estimate of drug-likeness (QED) is 0.777. The Bertz CT molecular complexity index is 458. The van der Waals surface area contributed by atoms with Crippen LogP contribution >= 0.6 is 0 Å². The maximum absolute atomic E-state index is 12.3. The first-order chi connectivity index (χ1) is 9.88. The number of hydrogen-bond donors (Lipinski definition) is 0. The molecule has 0 aromatic carbocycles. The van der Waals surface area contributed by atoms with Crippen molar-refractivity contribution < 1.29 is 13.2 Å². The van der Waals surface area contributed by atoms with Crippen LogP contribution in [0.15, 0.2) is 0 Å². The molecule has 2 fully saturated rings. The Morgan fingerprint density at radius 1 is 1.19 bits per heavy atom. The Morgan fingerprint density at radius 2 is 1.86 bits per heavy atom. The van der Waals surface area contributed by atoms with E-state index < -0.39 is 10.0 Å². The molecule has 0 bridgehead atoms. The van der Waals surface area contributed by atoms with E-state index in [2.05, 4.69) is 6.92 Å². The van der Waals surface area contributed by atoms with Gasteiger partial charge >= 0.3 is 0 Å². The largest absolute Gasteiger partial charge is 0.342 e. The lowest BCUT2D eigenvalue weighted by Crippen LogP contribution is -2.43. The maximum Gasteiger partial charge on any atom is 0.223 e. The number of carbonyl (C=O) groups excluding carboxylic acids is 1. The van der Waals surface area contributed by atoms with Gasteiger partial charge in [-0.25, -0.2) is 8.42 Å². The normalized spacial score (nSPS) is 24.7. The smallest absolute Gasteiger partial charge is 0.223 e. The van der Waals surface area contributed by atoms with Gasteiger partial charge in [0.25, 0.3) is 0 Å². The zero-order valence-electron chi connectivity index (χ0n) is 13.3. The average Bonchev–Trinajstić information content (AvgIpc) is 2.91. The summed E-state index contributed by atoms with van der Waals surface area (Å²) in [6.07, 6.45) is 7.87. The fourth-order valence-electron chi connectivity index (χ4n) is 3.59. The number of sulfonamides is 1. The van der Waals surface area contributed by atoms with E-state index in [1.165, 1.54) is 12.7 Å². The summed E-state index contributed by atoms with van der Waals surface area (Å²) < 4.78 is 25.5. The third-order valence-corrected chi connectivity index (χ3v) is 6.05. The zero-order valence-corrected chi connectivity index (χ0v) is 14.1. The molecule has 1 saturated carbocycles. The molecule has 1 saturated heterocycles. The highest BCUT2D eigenvalue weighted by Crippen LogP contribution is 2.25. The lowest BCUT2D eigenvalue weighted by molar-refractivity contribution is -0.133. The van der Waals surface area contributed by atoms with Gasteiger partial charge in [-0.15, -0.1) is 0 Å². The lowest BCUT2D eigenvalue weighted by Gasteiger charge is -2.32. The molecule has 0 spiro atoms. The fraction of sp³-hybridized carbons (Fsp3) is 0.933. The highest BCUT2D eigenvalue weighted by molar-refractivity contribution is 7.88. The van der Waals surface area contributed by atoms with Crippen LogP contribution in [-0.2, 0) is 14.8 Å². The van der Waals surface area contributed by atoms with Crippen molar-refractivity contribution in [1.82, 2.24) is 9.21 Å². The molecular formula is C15H28N2O3S. The number of nitrogens with zero attached hydrogens (tertiary/aromatic N) is 2. The summed E-state index contributed by atoms with van der Waals surface area (Å²) in [7, 11) is -3.22. The summed E-state index contributed by atoms with van der Waals surface area (Å²) in [5.41, 5.74) is 0. The van der Waals surface area contributed by atoms with E-state index in [1.54, 1.807) is 4.31 Å². The van der Waals surface area contributed by atoms with Crippen LogP contribution in [0.4, 0.5) is 0 Å². The first-order valence-electron chi connectivity index (χ1n) is 8.12. The Hall–Kier alpha value is -0.620. The molecule has 122 valence electrons. The predicted octanol–water partition coefficient (Wildman–Crippen LogP) is 1.84. The fourth-order valence-corrected chi connectivity index (χ4v) is 4.77. The zero-order chi connectivity index (χ0) is 15.5. The average molecular weight is 316 g/mol. The lowest BCUT2D eigenvalue weighted by atomic mass is 10.00. The minimum absolute atomic E-state index is 0.105. The molecule has 2 rings (SSSR count). The van der Waals surface area contributed by atoms with Gasteiger partial charge in [0, 0.05) is 32.1 Å². The van der Waals surface area contributed by atoms with E-state index in [1.807, 2.05) is 4.90 Å². The van der Waals surface area contributed by atoms with Crippen molar-refractivity contribution in [3.63, 3.8) is 0 Å². The van der Waals surface area contributed by atoms with E-state index in [-0.39, 0.29) is 11.9 Å². The number of piperidine rings is 1. The molecule has 1 aliphatic carbocycles. The van der Waals surface area contributed by atoms with Crippen LogP contribution < -0.4 is 0 Å². The second kappa shape index (κ2) is 7.09. The number of rotatable bonds is 5. The van der Waals surface area contributed by atoms with Gasteiger partial charge in [-0.1, -0.05) is 19.8 Å². The monoisotopic (exact) mass is 316 g/mol. The second-order valence-electron chi connectivity index (χ2n) is 6.65. The van der Waals surface area contributed by atoms with Crippen molar-refractivity contribution in [1.29, 1.82) is 0 Å². The molecule has 21 heavy (non-hydrogen) atoms. The Labute approximate surface area is 128 Å². The van der Waals surface area contributed by atoms with Crippen LogP contribution in [0.2, 0.25) is 0 Å². The van der Waals surface area contributed by atoms with Crippen LogP contribution in [0.25, 0.3) is 0 Å². The molecular weight excluding hydrogens is 288 g/mol. The van der Waals surface area contributed by atoms with Crippen LogP contribution in [0.3, 0.4) is 0 Å². The molecule has 0 N–H and O–H groups in total. The first kappa shape index (κ1) is 16.7. The van der Waals surface area contributed by atoms with E-state index in [9.17, 15) is 13.2 Å². The molecule has 5 nitrogen and oxygen atoms in total. The molecule has 0 radical (unpaired) electrons. The van der Waals surface area contributed by atoms with E-state index in [0.29, 0.717) is 18.9 Å². The standard InChI is InChI=1S/C15H28N2O3S/c1-13-6-5-10-16(12-13)15(18)9-11-17(21(2,19)20)14-7-3-4-8-14/h13-14H,3-12H2,1-2H3. The number of carbonyl (C=O) groups is 1. The Kier molecular flexibility index (Phi) is 5.66. The molecule has 1 unspecified atom stereocenters. The van der Waals surface area contributed by atoms with Gasteiger partial charge in [0.1, 0.15) is 0 Å². The summed E-state index contributed by atoms with van der Waals surface area (Å²) in [6, 6.07) is 0.105. The third kappa shape index (κ3) is 4.68. The maximum atomic E-state index is 12.3. The third-order valence-electron chi connectivity index (χ3n) is 4.71. The van der Waals surface area contributed by atoms with Crippen molar-refractivity contribution in [2.45, 2.75) is 57.9 Å². The highest BCUT2D eigenvalue weighted by atomic mass is 32.2. The molecule has 2 aliphatic rings. The van der Waals surface area contributed by atoms with E-state index in [4.69, 9.17) is 0 Å². The van der Waals surface area contributed by atoms with Gasteiger partial charge in [-0.3, -0.25) is 4.79 Å².